The van der Waals surface area contributed by atoms with Gasteiger partial charge in [0, 0.05) is 12.8 Å². The van der Waals surface area contributed by atoms with Crippen LogP contribution in [0.5, 0.6) is 0 Å². The van der Waals surface area contributed by atoms with Gasteiger partial charge in [-0.1, -0.05) is 156 Å². The van der Waals surface area contributed by atoms with Crippen molar-refractivity contribution in [1.82, 2.24) is 0 Å². The van der Waals surface area contributed by atoms with Crippen molar-refractivity contribution < 1.29 is 47.2 Å². The third-order valence-corrected chi connectivity index (χ3v) is 10.1. The van der Waals surface area contributed by atoms with Gasteiger partial charge >= 0.3 is 11.9 Å². The van der Waals surface area contributed by atoms with Gasteiger partial charge in [-0.2, -0.15) is 0 Å². The lowest BCUT2D eigenvalue weighted by Crippen LogP contribution is -2.37. The zero-order valence-corrected chi connectivity index (χ0v) is 39.6. The lowest BCUT2D eigenvalue weighted by molar-refractivity contribution is -0.870. The molecular formula is C50H84NO9P. The van der Waals surface area contributed by atoms with E-state index in [9.17, 15) is 24.2 Å². The molecule has 0 rings (SSSR count). The molecule has 3 atom stereocenters. The lowest BCUT2D eigenvalue weighted by atomic mass is 10.1. The summed E-state index contributed by atoms with van der Waals surface area (Å²) in [4.78, 5) is 37.6. The SMILES string of the molecule is CC/C=C\C/C=C\C/C=C\C/C=C\C=C/C(O)C/C=C\CCC(=O)OC[C@H](COP(=O)([O-])OCC[N+](C)(C)C)OC(=O)CCCCCCCCC/C=C\C/C=C\CCCCC. The molecule has 0 spiro atoms. The topological polar surface area (TPSA) is 131 Å². The number of rotatable bonds is 40. The monoisotopic (exact) mass is 874 g/mol. The van der Waals surface area contributed by atoms with E-state index in [2.05, 4.69) is 74.6 Å². The first-order valence-electron chi connectivity index (χ1n) is 23.1. The van der Waals surface area contributed by atoms with Gasteiger partial charge < -0.3 is 33.0 Å². The standard InChI is InChI=1S/C50H84NO9P/c1-6-8-10-12-14-16-18-20-21-22-23-25-27-29-31-33-37-42-50(54)60-48(46-59-61(55,56)58-44-43-51(3,4)5)45-57-49(53)41-38-34-36-40-47(52)39-35-32-30-28-26-24-19-17-15-13-11-9-7-2/h9,11,14-17,20-21,24,26,30,32,34-36,39,47-48,52H,6-8,10,12-13,18-19,22-23,25,27-29,31,33,37-38,40-46H2,1-5H3/b11-9-,16-14-,17-15-,21-20-,26-24-,32-30-,36-34-,39-35-/t47?,48-/m1/s1. The number of allylic oxidation sites excluding steroid dienone is 14. The molecule has 1 N–H and O–H groups in total. The molecule has 0 aliphatic heterocycles. The van der Waals surface area contributed by atoms with Gasteiger partial charge in [0.15, 0.2) is 6.10 Å². The number of ether oxygens (including phenoxy) is 2. The maximum Gasteiger partial charge on any atom is 0.306 e. The van der Waals surface area contributed by atoms with Crippen LogP contribution in [0.25, 0.3) is 0 Å². The third-order valence-electron chi connectivity index (χ3n) is 9.18. The van der Waals surface area contributed by atoms with Gasteiger partial charge in [0.2, 0.25) is 0 Å². The molecule has 0 aromatic carbocycles. The largest absolute Gasteiger partial charge is 0.756 e. The molecule has 348 valence electrons. The normalized spacial score (nSPS) is 14.9. The highest BCUT2D eigenvalue weighted by Gasteiger charge is 2.21. The Kier molecular flexibility index (Phi) is 38.8. The fourth-order valence-corrected chi connectivity index (χ4v) is 6.29. The van der Waals surface area contributed by atoms with Crippen molar-refractivity contribution >= 4 is 19.8 Å². The number of carbonyl (C=O) groups excluding carboxylic acids is 2. The molecule has 10 nitrogen and oxygen atoms in total. The Morgan fingerprint density at radius 2 is 1.18 bits per heavy atom. The van der Waals surface area contributed by atoms with Crippen LogP contribution in [0.4, 0.5) is 0 Å². The number of phosphoric ester groups is 1. The number of hydrogen-bond acceptors (Lipinski definition) is 9. The van der Waals surface area contributed by atoms with Crippen LogP contribution in [0.1, 0.15) is 149 Å². The Labute approximate surface area is 371 Å². The van der Waals surface area contributed by atoms with E-state index in [1.54, 1.807) is 18.2 Å². The predicted octanol–water partition coefficient (Wildman–Crippen LogP) is 11.7. The number of hydrogen-bond donors (Lipinski definition) is 1. The summed E-state index contributed by atoms with van der Waals surface area (Å²) in [7, 11) is 1.05. The quantitative estimate of drug-likeness (QED) is 0.0160. The number of aliphatic hydroxyl groups excluding tert-OH is 1. The number of phosphoric acid groups is 1. The van der Waals surface area contributed by atoms with Gasteiger partial charge in [-0.15, -0.1) is 0 Å². The van der Waals surface area contributed by atoms with Crippen molar-refractivity contribution in [1.29, 1.82) is 0 Å². The molecule has 0 bridgehead atoms. The second kappa shape index (κ2) is 40.9. The Balaban J connectivity index is 4.57. The number of esters is 2. The number of carbonyl (C=O) groups is 2. The Morgan fingerprint density at radius 3 is 1.80 bits per heavy atom. The van der Waals surface area contributed by atoms with E-state index in [1.165, 1.54) is 38.5 Å². The van der Waals surface area contributed by atoms with Crippen LogP contribution in [0, 0.1) is 0 Å². The smallest absolute Gasteiger partial charge is 0.306 e. The molecule has 0 saturated carbocycles. The summed E-state index contributed by atoms with van der Waals surface area (Å²) in [6.07, 6.45) is 50.4. The zero-order chi connectivity index (χ0) is 45.1. The molecule has 0 saturated heterocycles. The molecule has 2 unspecified atom stereocenters. The molecule has 0 amide bonds. The molecule has 0 aliphatic rings. The zero-order valence-electron chi connectivity index (χ0n) is 38.7. The first kappa shape index (κ1) is 57.9. The van der Waals surface area contributed by atoms with Crippen molar-refractivity contribution in [3.63, 3.8) is 0 Å². The van der Waals surface area contributed by atoms with Crippen molar-refractivity contribution in [2.75, 3.05) is 47.5 Å². The summed E-state index contributed by atoms with van der Waals surface area (Å²) in [5.74, 6) is -1.03. The van der Waals surface area contributed by atoms with Gasteiger partial charge in [0.05, 0.1) is 33.9 Å². The molecule has 0 heterocycles. The van der Waals surface area contributed by atoms with Crippen molar-refractivity contribution in [3.05, 3.63) is 97.2 Å². The molecule has 61 heavy (non-hydrogen) atoms. The summed E-state index contributed by atoms with van der Waals surface area (Å²) in [5, 5.41) is 10.2. The highest BCUT2D eigenvalue weighted by Crippen LogP contribution is 2.38. The first-order chi connectivity index (χ1) is 29.4. The minimum Gasteiger partial charge on any atom is -0.756 e. The Hall–Kier alpha value is -3.11. The molecule has 0 radical (unpaired) electrons. The molecule has 0 aromatic heterocycles. The average Bonchev–Trinajstić information content (AvgIpc) is 3.21. The number of quaternary nitrogens is 1. The summed E-state index contributed by atoms with van der Waals surface area (Å²) in [6.45, 7) is 3.85. The number of likely N-dealkylation sites (N-methyl/N-ethyl adjacent to an activating group) is 1. The van der Waals surface area contributed by atoms with Crippen molar-refractivity contribution in [3.8, 4) is 0 Å². The summed E-state index contributed by atoms with van der Waals surface area (Å²) in [6, 6.07) is 0. The lowest BCUT2D eigenvalue weighted by Gasteiger charge is -2.28. The molecule has 11 heteroatoms. The second-order valence-corrected chi connectivity index (χ2v) is 17.6. The van der Waals surface area contributed by atoms with E-state index in [0.717, 1.165) is 64.2 Å². The summed E-state index contributed by atoms with van der Waals surface area (Å²) < 4.78 is 33.8. The molecule has 0 fully saturated rings. The van der Waals surface area contributed by atoms with Gasteiger partial charge in [-0.3, -0.25) is 14.2 Å². The number of nitrogens with zero attached hydrogens (tertiary/aromatic N) is 1. The van der Waals surface area contributed by atoms with E-state index in [1.807, 2.05) is 39.4 Å². The first-order valence-corrected chi connectivity index (χ1v) is 24.5. The van der Waals surface area contributed by atoms with Crippen LogP contribution in [0.3, 0.4) is 0 Å². The third kappa shape index (κ3) is 44.7. The fraction of sp³-hybridized carbons (Fsp3) is 0.640. The van der Waals surface area contributed by atoms with Crippen molar-refractivity contribution in [2.45, 2.75) is 161 Å². The van der Waals surface area contributed by atoms with Crippen LogP contribution in [0.15, 0.2) is 97.2 Å². The highest BCUT2D eigenvalue weighted by atomic mass is 31.2. The minimum atomic E-state index is -4.68. The maximum atomic E-state index is 12.7. The maximum absolute atomic E-state index is 12.7. The van der Waals surface area contributed by atoms with E-state index < -0.39 is 38.6 Å². The Morgan fingerprint density at radius 1 is 0.623 bits per heavy atom. The molecular weight excluding hydrogens is 790 g/mol. The minimum absolute atomic E-state index is 0.0632. The molecule has 0 aromatic rings. The second-order valence-electron chi connectivity index (χ2n) is 16.2. The van der Waals surface area contributed by atoms with E-state index >= 15 is 0 Å². The van der Waals surface area contributed by atoms with Crippen molar-refractivity contribution in [2.24, 2.45) is 0 Å². The highest BCUT2D eigenvalue weighted by molar-refractivity contribution is 7.45. The van der Waals surface area contributed by atoms with Crippen LogP contribution < -0.4 is 4.89 Å². The average molecular weight is 874 g/mol. The van der Waals surface area contributed by atoms with E-state index in [-0.39, 0.29) is 26.1 Å². The van der Waals surface area contributed by atoms with E-state index in [0.29, 0.717) is 30.3 Å². The number of aliphatic hydroxyl groups is 1. The fourth-order valence-electron chi connectivity index (χ4n) is 5.56. The van der Waals surface area contributed by atoms with Crippen LogP contribution in [-0.2, 0) is 32.7 Å². The van der Waals surface area contributed by atoms with Crippen LogP contribution >= 0.6 is 7.82 Å². The van der Waals surface area contributed by atoms with Gasteiger partial charge in [-0.25, -0.2) is 0 Å². The van der Waals surface area contributed by atoms with Gasteiger partial charge in [0.25, 0.3) is 7.82 Å². The van der Waals surface area contributed by atoms with Gasteiger partial charge in [0.1, 0.15) is 19.8 Å². The summed E-state index contributed by atoms with van der Waals surface area (Å²) in [5.41, 5.74) is 0. The molecule has 0 aliphatic carbocycles. The predicted molar refractivity (Wildman–Crippen MR) is 251 cm³/mol. The Bertz CT molecular complexity index is 1370. The number of unbranched alkanes of at least 4 members (excludes halogenated alkanes) is 10. The van der Waals surface area contributed by atoms with Gasteiger partial charge in [-0.05, 0) is 77.0 Å². The van der Waals surface area contributed by atoms with E-state index in [4.69, 9.17) is 18.5 Å². The van der Waals surface area contributed by atoms with Crippen LogP contribution in [-0.4, -0.2) is 81.2 Å². The van der Waals surface area contributed by atoms with Crippen LogP contribution in [0.2, 0.25) is 0 Å². The summed E-state index contributed by atoms with van der Waals surface area (Å²) >= 11 is 0.